The molecule has 1 aromatic heterocycles. The molecule has 3 aromatic rings. The first-order valence-corrected chi connectivity index (χ1v) is 11.2. The number of H-pyrrole nitrogens is 1. The molecule has 0 saturated carbocycles. The number of hydrogen-bond acceptors (Lipinski definition) is 5. The van der Waals surface area contributed by atoms with Crippen molar-refractivity contribution in [3.63, 3.8) is 0 Å². The maximum atomic E-state index is 12.4. The smallest absolute Gasteiger partial charge is 0.142 e. The van der Waals surface area contributed by atoms with E-state index in [2.05, 4.69) is 16.0 Å². The summed E-state index contributed by atoms with van der Waals surface area (Å²) in [7, 11) is 0.586. The first-order valence-electron chi connectivity index (χ1n) is 9.22. The fourth-order valence-electron chi connectivity index (χ4n) is 3.83. The van der Waals surface area contributed by atoms with Crippen LogP contribution in [-0.2, 0) is 14.5 Å². The maximum absolute atomic E-state index is 12.4. The first kappa shape index (κ1) is 18.8. The zero-order valence-electron chi connectivity index (χ0n) is 16.3. The van der Waals surface area contributed by atoms with Crippen LogP contribution in [0.25, 0.3) is 22.2 Å². The number of methoxy groups -OCH3 is 2. The van der Waals surface area contributed by atoms with Gasteiger partial charge in [0.15, 0.2) is 0 Å². The highest BCUT2D eigenvalue weighted by atomic mass is 32.2. The van der Waals surface area contributed by atoms with E-state index < -0.39 is 9.73 Å². The van der Waals surface area contributed by atoms with E-state index in [0.29, 0.717) is 4.90 Å². The van der Waals surface area contributed by atoms with Crippen molar-refractivity contribution in [3.8, 4) is 17.0 Å². The van der Waals surface area contributed by atoms with E-state index in [-0.39, 0.29) is 6.10 Å². The lowest BCUT2D eigenvalue weighted by Crippen LogP contribution is -2.22. The van der Waals surface area contributed by atoms with Gasteiger partial charge in [0.25, 0.3) is 0 Å². The highest BCUT2D eigenvalue weighted by Crippen LogP contribution is 2.37. The zero-order chi connectivity index (χ0) is 19.9. The number of ether oxygens (including phenoxy) is 2. The standard InChI is InChI=1S/C21H25N3O3S/c1-26-15-9-10-24(13-15)19-8-7-16(28(3,22)25)12-17(19)18-11-14-5-4-6-20(27-2)21(14)23-18/h4-8,11-12,15,22-23H,9-10,13H2,1-3H3/t15-,28+/m0/s1. The Hall–Kier alpha value is -2.51. The van der Waals surface area contributed by atoms with E-state index in [1.54, 1.807) is 20.3 Å². The summed E-state index contributed by atoms with van der Waals surface area (Å²) in [5, 5.41) is 1.05. The minimum absolute atomic E-state index is 0.210. The number of rotatable bonds is 5. The Morgan fingerprint density at radius 2 is 2.04 bits per heavy atom. The molecule has 2 atom stereocenters. The van der Waals surface area contributed by atoms with Crippen LogP contribution in [0.5, 0.6) is 5.75 Å². The Labute approximate surface area is 165 Å². The predicted octanol–water partition coefficient (Wildman–Crippen LogP) is 4.10. The van der Waals surface area contributed by atoms with Gasteiger partial charge in [-0.05, 0) is 36.8 Å². The van der Waals surface area contributed by atoms with Crippen molar-refractivity contribution < 1.29 is 13.7 Å². The fraction of sp³-hybridized carbons (Fsp3) is 0.333. The van der Waals surface area contributed by atoms with Gasteiger partial charge < -0.3 is 19.4 Å². The first-order chi connectivity index (χ1) is 13.4. The summed E-state index contributed by atoms with van der Waals surface area (Å²) in [6, 6.07) is 13.6. The molecule has 28 heavy (non-hydrogen) atoms. The highest BCUT2D eigenvalue weighted by molar-refractivity contribution is 7.91. The quantitative estimate of drug-likeness (QED) is 0.677. The average Bonchev–Trinajstić information content (AvgIpc) is 3.33. The van der Waals surface area contributed by atoms with Crippen molar-refractivity contribution in [2.24, 2.45) is 0 Å². The van der Waals surface area contributed by atoms with Crippen LogP contribution in [0.2, 0.25) is 0 Å². The Balaban J connectivity index is 1.88. The molecule has 1 fully saturated rings. The van der Waals surface area contributed by atoms with Crippen LogP contribution in [0.4, 0.5) is 5.69 Å². The van der Waals surface area contributed by atoms with Gasteiger partial charge >= 0.3 is 0 Å². The molecule has 4 rings (SSSR count). The van der Waals surface area contributed by atoms with E-state index in [4.69, 9.17) is 14.3 Å². The van der Waals surface area contributed by atoms with Crippen LogP contribution >= 0.6 is 0 Å². The number of fused-ring (bicyclic) bond motifs is 1. The largest absolute Gasteiger partial charge is 0.495 e. The van der Waals surface area contributed by atoms with Crippen molar-refractivity contribution in [2.75, 3.05) is 38.5 Å². The molecular formula is C21H25N3O3S. The van der Waals surface area contributed by atoms with Gasteiger partial charge in [-0.1, -0.05) is 12.1 Å². The van der Waals surface area contributed by atoms with E-state index in [0.717, 1.165) is 53.1 Å². The molecular weight excluding hydrogens is 374 g/mol. The summed E-state index contributed by atoms with van der Waals surface area (Å²) >= 11 is 0. The van der Waals surface area contributed by atoms with Gasteiger partial charge in [0.2, 0.25) is 0 Å². The van der Waals surface area contributed by atoms with Crippen LogP contribution in [0.3, 0.4) is 0 Å². The van der Waals surface area contributed by atoms with Crippen molar-refractivity contribution >= 4 is 26.3 Å². The monoisotopic (exact) mass is 399 g/mol. The molecule has 2 N–H and O–H groups in total. The molecule has 2 heterocycles. The molecule has 6 nitrogen and oxygen atoms in total. The predicted molar refractivity (Wildman–Crippen MR) is 113 cm³/mol. The Morgan fingerprint density at radius 3 is 2.71 bits per heavy atom. The lowest BCUT2D eigenvalue weighted by atomic mass is 10.1. The summed E-state index contributed by atoms with van der Waals surface area (Å²) in [6.45, 7) is 1.71. The number of nitrogens with one attached hydrogen (secondary N) is 2. The van der Waals surface area contributed by atoms with Crippen LogP contribution in [0, 0.1) is 4.78 Å². The minimum atomic E-state index is -2.81. The Kier molecular flexibility index (Phi) is 4.81. The second-order valence-corrected chi connectivity index (χ2v) is 9.38. The maximum Gasteiger partial charge on any atom is 0.142 e. The number of benzene rings is 2. The highest BCUT2D eigenvalue weighted by Gasteiger charge is 2.25. The number of aromatic nitrogens is 1. The van der Waals surface area contributed by atoms with Gasteiger partial charge in [0.1, 0.15) is 5.75 Å². The lowest BCUT2D eigenvalue weighted by Gasteiger charge is -2.22. The fourth-order valence-corrected chi connectivity index (χ4v) is 4.50. The van der Waals surface area contributed by atoms with Gasteiger partial charge in [0, 0.05) is 53.7 Å². The molecule has 7 heteroatoms. The minimum Gasteiger partial charge on any atom is -0.495 e. The van der Waals surface area contributed by atoms with Crippen LogP contribution in [0.1, 0.15) is 6.42 Å². The van der Waals surface area contributed by atoms with Gasteiger partial charge in [-0.3, -0.25) is 0 Å². The number of aromatic amines is 1. The Bertz CT molecular complexity index is 1120. The molecule has 148 valence electrons. The summed E-state index contributed by atoms with van der Waals surface area (Å²) in [5.74, 6) is 0.779. The van der Waals surface area contributed by atoms with Gasteiger partial charge in [0.05, 0.1) is 28.5 Å². The van der Waals surface area contributed by atoms with Crippen LogP contribution in [0.15, 0.2) is 47.4 Å². The molecule has 0 bridgehead atoms. The van der Waals surface area contributed by atoms with Crippen molar-refractivity contribution in [3.05, 3.63) is 42.5 Å². The number of anilines is 1. The third kappa shape index (κ3) is 3.36. The van der Waals surface area contributed by atoms with E-state index in [1.165, 1.54) is 6.26 Å². The Morgan fingerprint density at radius 1 is 1.21 bits per heavy atom. The number of hydrogen-bond donors (Lipinski definition) is 2. The molecule has 1 aliphatic rings. The molecule has 1 aliphatic heterocycles. The zero-order valence-corrected chi connectivity index (χ0v) is 17.1. The second kappa shape index (κ2) is 7.14. The van der Waals surface area contributed by atoms with Crippen LogP contribution < -0.4 is 9.64 Å². The van der Waals surface area contributed by atoms with Gasteiger partial charge in [-0.15, -0.1) is 0 Å². The molecule has 0 aliphatic carbocycles. The topological polar surface area (TPSA) is 78.4 Å². The molecule has 0 amide bonds. The van der Waals surface area contributed by atoms with E-state index in [1.807, 2.05) is 30.3 Å². The molecule has 2 aromatic carbocycles. The van der Waals surface area contributed by atoms with E-state index >= 15 is 0 Å². The summed E-state index contributed by atoms with van der Waals surface area (Å²) in [6.07, 6.45) is 2.64. The van der Waals surface area contributed by atoms with Gasteiger partial charge in [-0.2, -0.15) is 0 Å². The van der Waals surface area contributed by atoms with Crippen molar-refractivity contribution in [1.29, 1.82) is 4.78 Å². The van der Waals surface area contributed by atoms with Gasteiger partial charge in [-0.25, -0.2) is 8.99 Å². The number of para-hydroxylation sites is 1. The molecule has 0 spiro atoms. The molecule has 0 radical (unpaired) electrons. The molecule has 1 saturated heterocycles. The third-order valence-electron chi connectivity index (χ3n) is 5.36. The number of nitrogens with zero attached hydrogens (tertiary/aromatic N) is 1. The van der Waals surface area contributed by atoms with Crippen molar-refractivity contribution in [2.45, 2.75) is 17.4 Å². The second-order valence-electron chi connectivity index (χ2n) is 7.22. The van der Waals surface area contributed by atoms with Crippen LogP contribution in [-0.4, -0.2) is 48.9 Å². The normalized spacial score (nSPS) is 19.1. The molecule has 0 unspecified atom stereocenters. The lowest BCUT2D eigenvalue weighted by molar-refractivity contribution is 0.121. The van der Waals surface area contributed by atoms with Crippen molar-refractivity contribution in [1.82, 2.24) is 4.98 Å². The third-order valence-corrected chi connectivity index (χ3v) is 6.52. The summed E-state index contributed by atoms with van der Waals surface area (Å²) < 4.78 is 31.4. The SMILES string of the molecule is COc1cccc2cc(-c3cc([S@](C)(=N)=O)ccc3N3CC[C@H](OC)C3)[nH]c12. The summed E-state index contributed by atoms with van der Waals surface area (Å²) in [5.41, 5.74) is 3.84. The summed E-state index contributed by atoms with van der Waals surface area (Å²) in [4.78, 5) is 6.28. The average molecular weight is 400 g/mol. The van der Waals surface area contributed by atoms with E-state index in [9.17, 15) is 4.21 Å².